The highest BCUT2D eigenvalue weighted by Gasteiger charge is 2.11. The summed E-state index contributed by atoms with van der Waals surface area (Å²) < 4.78 is 6.26. The van der Waals surface area contributed by atoms with Crippen molar-refractivity contribution >= 4 is 40.3 Å². The van der Waals surface area contributed by atoms with Gasteiger partial charge in [0.1, 0.15) is 24.0 Å². The average molecular weight is 456 g/mol. The van der Waals surface area contributed by atoms with E-state index in [1.807, 2.05) is 44.2 Å². The van der Waals surface area contributed by atoms with Crippen LogP contribution in [-0.2, 0) is 4.79 Å². The molecule has 0 atom stereocenters. The molecule has 0 aliphatic carbocycles. The number of nitrogens with zero attached hydrogens (tertiary/aromatic N) is 1. The van der Waals surface area contributed by atoms with Crippen molar-refractivity contribution in [3.8, 4) is 24.2 Å². The lowest BCUT2D eigenvalue weighted by atomic mass is 10.1. The quantitative estimate of drug-likeness (QED) is 0.313. The second-order valence-electron chi connectivity index (χ2n) is 5.62. The number of anilines is 1. The summed E-state index contributed by atoms with van der Waals surface area (Å²) in [6, 6.07) is 13.0. The first-order chi connectivity index (χ1) is 12.4. The van der Waals surface area contributed by atoms with E-state index >= 15 is 0 Å². The van der Waals surface area contributed by atoms with E-state index < -0.39 is 5.91 Å². The first-order valence-corrected chi connectivity index (χ1v) is 8.88. The molecule has 2 rings (SSSR count). The maximum atomic E-state index is 12.4. The standard InChI is InChI=1S/C21H17IN2O2/c1-4-9-26-20-8-6-16(12-18(20)22)11-17(13-23)21(25)24-19-7-5-14(2)10-15(19)3/h1,5-8,10-12H,9H2,2-3H3,(H,24,25)/b17-11+. The minimum atomic E-state index is -0.442. The van der Waals surface area contributed by atoms with E-state index in [1.54, 1.807) is 18.2 Å². The number of rotatable bonds is 5. The van der Waals surface area contributed by atoms with Gasteiger partial charge in [-0.15, -0.1) is 6.42 Å². The molecule has 0 aromatic heterocycles. The fourth-order valence-electron chi connectivity index (χ4n) is 2.30. The molecule has 2 aromatic carbocycles. The van der Waals surface area contributed by atoms with Crippen LogP contribution in [0.15, 0.2) is 42.0 Å². The first-order valence-electron chi connectivity index (χ1n) is 7.81. The van der Waals surface area contributed by atoms with Crippen LogP contribution >= 0.6 is 22.6 Å². The smallest absolute Gasteiger partial charge is 0.266 e. The van der Waals surface area contributed by atoms with E-state index in [9.17, 15) is 10.1 Å². The van der Waals surface area contributed by atoms with Crippen LogP contribution in [-0.4, -0.2) is 12.5 Å². The Balaban J connectivity index is 2.21. The highest BCUT2D eigenvalue weighted by Crippen LogP contribution is 2.24. The number of nitrogens with one attached hydrogen (secondary N) is 1. The van der Waals surface area contributed by atoms with Crippen LogP contribution in [0.25, 0.3) is 6.08 Å². The highest BCUT2D eigenvalue weighted by atomic mass is 127. The molecule has 26 heavy (non-hydrogen) atoms. The topological polar surface area (TPSA) is 62.1 Å². The van der Waals surface area contributed by atoms with Crippen LogP contribution in [0.4, 0.5) is 5.69 Å². The lowest BCUT2D eigenvalue weighted by Gasteiger charge is -2.09. The van der Waals surface area contributed by atoms with Gasteiger partial charge in [0.15, 0.2) is 0 Å². The molecule has 0 saturated carbocycles. The lowest BCUT2D eigenvalue weighted by Crippen LogP contribution is -2.14. The second-order valence-corrected chi connectivity index (χ2v) is 6.79. The summed E-state index contributed by atoms with van der Waals surface area (Å²) in [4.78, 5) is 12.4. The van der Waals surface area contributed by atoms with E-state index in [0.717, 1.165) is 20.3 Å². The summed E-state index contributed by atoms with van der Waals surface area (Å²) in [6.07, 6.45) is 6.74. The van der Waals surface area contributed by atoms with E-state index in [4.69, 9.17) is 11.2 Å². The van der Waals surface area contributed by atoms with Crippen molar-refractivity contribution in [3.63, 3.8) is 0 Å². The number of amides is 1. The molecular formula is C21H17IN2O2. The minimum absolute atomic E-state index is 0.0260. The molecule has 2 aromatic rings. The summed E-state index contributed by atoms with van der Waals surface area (Å²) >= 11 is 2.12. The van der Waals surface area contributed by atoms with Gasteiger partial charge in [-0.3, -0.25) is 4.79 Å². The molecule has 0 aliphatic rings. The van der Waals surface area contributed by atoms with Crippen LogP contribution in [0.3, 0.4) is 0 Å². The van der Waals surface area contributed by atoms with Crippen LogP contribution in [0.1, 0.15) is 16.7 Å². The molecule has 0 fully saturated rings. The van der Waals surface area contributed by atoms with E-state index in [2.05, 4.69) is 33.8 Å². The number of carbonyl (C=O) groups excluding carboxylic acids is 1. The summed E-state index contributed by atoms with van der Waals surface area (Å²) in [5.74, 6) is 2.64. The third kappa shape index (κ3) is 5.11. The van der Waals surface area contributed by atoms with Crippen molar-refractivity contribution in [3.05, 3.63) is 62.2 Å². The fourth-order valence-corrected chi connectivity index (χ4v) is 3.00. The van der Waals surface area contributed by atoms with Gasteiger partial charge in [0.2, 0.25) is 0 Å². The molecule has 130 valence electrons. The van der Waals surface area contributed by atoms with Gasteiger partial charge in [-0.2, -0.15) is 5.26 Å². The van der Waals surface area contributed by atoms with Gasteiger partial charge < -0.3 is 10.1 Å². The molecule has 5 heteroatoms. The largest absolute Gasteiger partial charge is 0.480 e. The molecule has 1 amide bonds. The molecular weight excluding hydrogens is 439 g/mol. The summed E-state index contributed by atoms with van der Waals surface area (Å²) in [5.41, 5.74) is 3.50. The predicted molar refractivity (Wildman–Crippen MR) is 112 cm³/mol. The van der Waals surface area contributed by atoms with Gasteiger partial charge in [-0.25, -0.2) is 0 Å². The Morgan fingerprint density at radius 3 is 2.69 bits per heavy atom. The SMILES string of the molecule is C#CCOc1ccc(/C=C(\C#N)C(=O)Nc2ccc(C)cc2C)cc1I. The number of aryl methyl sites for hydroxylation is 2. The van der Waals surface area contributed by atoms with E-state index in [1.165, 1.54) is 0 Å². The van der Waals surface area contributed by atoms with Crippen LogP contribution in [0, 0.1) is 41.1 Å². The van der Waals surface area contributed by atoms with Crippen LogP contribution in [0.2, 0.25) is 0 Å². The Kier molecular flexibility index (Phi) is 6.82. The van der Waals surface area contributed by atoms with Crippen molar-refractivity contribution in [1.82, 2.24) is 0 Å². The van der Waals surface area contributed by atoms with Gasteiger partial charge in [0.25, 0.3) is 5.91 Å². The molecule has 0 aliphatic heterocycles. The summed E-state index contributed by atoms with van der Waals surface area (Å²) in [7, 11) is 0. The van der Waals surface area contributed by atoms with Crippen molar-refractivity contribution in [1.29, 1.82) is 5.26 Å². The predicted octanol–water partition coefficient (Wildman–Crippen LogP) is 4.47. The van der Waals surface area contributed by atoms with Crippen LogP contribution in [0.5, 0.6) is 5.75 Å². The fraction of sp³-hybridized carbons (Fsp3) is 0.143. The number of nitriles is 1. The maximum absolute atomic E-state index is 12.4. The molecule has 0 heterocycles. The molecule has 0 saturated heterocycles. The normalized spacial score (nSPS) is 10.6. The summed E-state index contributed by atoms with van der Waals surface area (Å²) in [6.45, 7) is 4.08. The number of halogens is 1. The molecule has 4 nitrogen and oxygen atoms in total. The zero-order valence-corrected chi connectivity index (χ0v) is 16.6. The van der Waals surface area contributed by atoms with Crippen molar-refractivity contribution in [2.45, 2.75) is 13.8 Å². The van der Waals surface area contributed by atoms with Crippen molar-refractivity contribution in [2.24, 2.45) is 0 Å². The van der Waals surface area contributed by atoms with Crippen molar-refractivity contribution < 1.29 is 9.53 Å². The van der Waals surface area contributed by atoms with Crippen molar-refractivity contribution in [2.75, 3.05) is 11.9 Å². The Morgan fingerprint density at radius 2 is 2.08 bits per heavy atom. The zero-order chi connectivity index (χ0) is 19.1. The Morgan fingerprint density at radius 1 is 1.31 bits per heavy atom. The lowest BCUT2D eigenvalue weighted by molar-refractivity contribution is -0.112. The van der Waals surface area contributed by atoms with E-state index in [0.29, 0.717) is 11.4 Å². The highest BCUT2D eigenvalue weighted by molar-refractivity contribution is 14.1. The number of carbonyl (C=O) groups is 1. The monoisotopic (exact) mass is 456 g/mol. The molecule has 0 unspecified atom stereocenters. The summed E-state index contributed by atoms with van der Waals surface area (Å²) in [5, 5.41) is 12.1. The van der Waals surface area contributed by atoms with Gasteiger partial charge in [-0.1, -0.05) is 29.7 Å². The Bertz CT molecular complexity index is 949. The Hall–Kier alpha value is -2.77. The number of hydrogen-bond donors (Lipinski definition) is 1. The van der Waals surface area contributed by atoms with Gasteiger partial charge in [0.05, 0.1) is 3.57 Å². The molecule has 1 N–H and O–H groups in total. The maximum Gasteiger partial charge on any atom is 0.266 e. The van der Waals surface area contributed by atoms with E-state index in [-0.39, 0.29) is 12.2 Å². The first kappa shape index (κ1) is 19.6. The molecule has 0 bridgehead atoms. The third-order valence-electron chi connectivity index (χ3n) is 3.57. The zero-order valence-electron chi connectivity index (χ0n) is 14.5. The Labute approximate surface area is 167 Å². The second kappa shape index (κ2) is 9.07. The number of benzene rings is 2. The number of hydrogen-bond acceptors (Lipinski definition) is 3. The number of ether oxygens (including phenoxy) is 1. The number of terminal acetylenes is 1. The molecule has 0 radical (unpaired) electrons. The van der Waals surface area contributed by atoms with Gasteiger partial charge in [-0.05, 0) is 71.8 Å². The third-order valence-corrected chi connectivity index (χ3v) is 4.42. The average Bonchev–Trinajstić information content (AvgIpc) is 2.61. The van der Waals surface area contributed by atoms with Gasteiger partial charge >= 0.3 is 0 Å². The van der Waals surface area contributed by atoms with Gasteiger partial charge in [0, 0.05) is 5.69 Å². The minimum Gasteiger partial charge on any atom is -0.480 e. The molecule has 0 spiro atoms. The van der Waals surface area contributed by atoms with Crippen LogP contribution < -0.4 is 10.1 Å².